The maximum atomic E-state index is 9.88. The van der Waals surface area contributed by atoms with Gasteiger partial charge < -0.3 is 30.5 Å². The van der Waals surface area contributed by atoms with Gasteiger partial charge >= 0.3 is 0 Å². The third-order valence-corrected chi connectivity index (χ3v) is 4.24. The van der Waals surface area contributed by atoms with Crippen LogP contribution < -0.4 is 5.32 Å². The van der Waals surface area contributed by atoms with Crippen LogP contribution in [0.25, 0.3) is 10.8 Å². The van der Waals surface area contributed by atoms with E-state index in [0.717, 1.165) is 10.9 Å². The Bertz CT molecular complexity index is 679. The van der Waals surface area contributed by atoms with Crippen LogP contribution in [-0.4, -0.2) is 57.7 Å². The third-order valence-electron chi connectivity index (χ3n) is 4.24. The Morgan fingerprint density at radius 1 is 1.09 bits per heavy atom. The first-order chi connectivity index (χ1) is 11.0. The molecule has 0 bridgehead atoms. The average Bonchev–Trinajstić information content (AvgIpc) is 2.79. The van der Waals surface area contributed by atoms with Gasteiger partial charge in [0.2, 0.25) is 5.79 Å². The number of ether oxygens (including phenoxy) is 1. The van der Waals surface area contributed by atoms with E-state index in [1.807, 2.05) is 36.4 Å². The molecule has 6 nitrogen and oxygen atoms in total. The number of nitrogens with one attached hydrogen (secondary N) is 1. The zero-order chi connectivity index (χ0) is 16.4. The van der Waals surface area contributed by atoms with E-state index in [2.05, 4.69) is 11.4 Å². The Kier molecular flexibility index (Phi) is 4.63. The molecule has 5 N–H and O–H groups in total. The van der Waals surface area contributed by atoms with Crippen LogP contribution in [0, 0.1) is 0 Å². The first-order valence-electron chi connectivity index (χ1n) is 7.59. The lowest BCUT2D eigenvalue weighted by molar-refractivity contribution is -0.245. The number of rotatable bonds is 5. The van der Waals surface area contributed by atoms with Crippen molar-refractivity contribution in [3.63, 3.8) is 0 Å². The highest BCUT2D eigenvalue weighted by Gasteiger charge is 2.52. The van der Waals surface area contributed by atoms with Gasteiger partial charge in [0, 0.05) is 13.1 Å². The molecule has 4 atom stereocenters. The Labute approximate surface area is 134 Å². The summed E-state index contributed by atoms with van der Waals surface area (Å²) in [5, 5.41) is 43.9. The van der Waals surface area contributed by atoms with Gasteiger partial charge in [-0.15, -0.1) is 0 Å². The lowest BCUT2D eigenvalue weighted by Crippen LogP contribution is -2.46. The molecular formula is C17H21NO5. The molecule has 1 aliphatic rings. The average molecular weight is 319 g/mol. The standard InChI is InChI=1S/C17H21NO5/c19-10-17(22)16(21)15(20)14(23-17)9-18-8-11-5-6-12-3-1-2-4-13(12)7-11/h1-7,14-16,18-22H,8-10H2/t14-,15+,16+,17+/m1/s1. The van der Waals surface area contributed by atoms with E-state index in [-0.39, 0.29) is 6.54 Å². The summed E-state index contributed by atoms with van der Waals surface area (Å²) >= 11 is 0. The Morgan fingerprint density at radius 2 is 1.83 bits per heavy atom. The van der Waals surface area contributed by atoms with E-state index < -0.39 is 30.7 Å². The van der Waals surface area contributed by atoms with Crippen LogP contribution in [0.4, 0.5) is 0 Å². The van der Waals surface area contributed by atoms with Gasteiger partial charge in [-0.25, -0.2) is 0 Å². The van der Waals surface area contributed by atoms with Crippen LogP contribution in [-0.2, 0) is 11.3 Å². The molecular weight excluding hydrogens is 298 g/mol. The summed E-state index contributed by atoms with van der Waals surface area (Å²) in [5.74, 6) is -2.10. The topological polar surface area (TPSA) is 102 Å². The highest BCUT2D eigenvalue weighted by Crippen LogP contribution is 2.28. The first kappa shape index (κ1) is 16.3. The quantitative estimate of drug-likeness (QED) is 0.520. The van der Waals surface area contributed by atoms with Crippen molar-refractivity contribution in [2.24, 2.45) is 0 Å². The summed E-state index contributed by atoms with van der Waals surface area (Å²) < 4.78 is 5.17. The summed E-state index contributed by atoms with van der Waals surface area (Å²) in [6, 6.07) is 14.2. The van der Waals surface area contributed by atoms with E-state index in [1.165, 1.54) is 5.39 Å². The fourth-order valence-electron chi connectivity index (χ4n) is 2.87. The fraction of sp³-hybridized carbons (Fsp3) is 0.412. The Balaban J connectivity index is 1.58. The fourth-order valence-corrected chi connectivity index (χ4v) is 2.87. The molecule has 1 aliphatic heterocycles. The molecule has 0 saturated carbocycles. The highest BCUT2D eigenvalue weighted by atomic mass is 16.7. The van der Waals surface area contributed by atoms with Crippen molar-refractivity contribution in [3.05, 3.63) is 48.0 Å². The minimum atomic E-state index is -2.10. The number of hydrogen-bond donors (Lipinski definition) is 5. The predicted molar refractivity (Wildman–Crippen MR) is 84.6 cm³/mol. The van der Waals surface area contributed by atoms with E-state index >= 15 is 0 Å². The van der Waals surface area contributed by atoms with Crippen LogP contribution in [0.3, 0.4) is 0 Å². The monoisotopic (exact) mass is 319 g/mol. The van der Waals surface area contributed by atoms with Crippen molar-refractivity contribution < 1.29 is 25.2 Å². The van der Waals surface area contributed by atoms with E-state index in [1.54, 1.807) is 0 Å². The molecule has 1 fully saturated rings. The number of benzene rings is 2. The van der Waals surface area contributed by atoms with Crippen LogP contribution in [0.2, 0.25) is 0 Å². The Morgan fingerprint density at radius 3 is 2.52 bits per heavy atom. The van der Waals surface area contributed by atoms with Crippen LogP contribution >= 0.6 is 0 Å². The molecule has 0 aliphatic carbocycles. The van der Waals surface area contributed by atoms with Crippen molar-refractivity contribution in [1.82, 2.24) is 5.32 Å². The molecule has 1 saturated heterocycles. The normalized spacial score (nSPS) is 30.9. The molecule has 6 heteroatoms. The summed E-state index contributed by atoms with van der Waals surface area (Å²) in [4.78, 5) is 0. The second-order valence-corrected chi connectivity index (χ2v) is 5.91. The van der Waals surface area contributed by atoms with Gasteiger partial charge in [0.15, 0.2) is 0 Å². The Hall–Kier alpha value is -1.54. The molecule has 1 heterocycles. The number of fused-ring (bicyclic) bond motifs is 1. The second-order valence-electron chi connectivity index (χ2n) is 5.91. The molecule has 23 heavy (non-hydrogen) atoms. The smallest absolute Gasteiger partial charge is 0.219 e. The van der Waals surface area contributed by atoms with Gasteiger partial charge in [0.05, 0.1) is 6.61 Å². The van der Waals surface area contributed by atoms with Gasteiger partial charge in [-0.1, -0.05) is 36.4 Å². The summed E-state index contributed by atoms with van der Waals surface area (Å²) in [6.45, 7) is 0.0326. The SMILES string of the molecule is OC[C@]1(O)O[C@H](CNCc2ccc3ccccc3c2)[C@H](O)[C@@H]1O. The predicted octanol–water partition coefficient (Wildman–Crippen LogP) is -0.269. The third kappa shape index (κ3) is 3.23. The molecule has 0 radical (unpaired) electrons. The van der Waals surface area contributed by atoms with Gasteiger partial charge in [-0.05, 0) is 22.4 Å². The van der Waals surface area contributed by atoms with Crippen molar-refractivity contribution in [2.75, 3.05) is 13.2 Å². The first-order valence-corrected chi connectivity index (χ1v) is 7.59. The zero-order valence-electron chi connectivity index (χ0n) is 12.6. The summed E-state index contributed by atoms with van der Waals surface area (Å²) in [6.07, 6.45) is -3.57. The minimum absolute atomic E-state index is 0.243. The minimum Gasteiger partial charge on any atom is -0.391 e. The van der Waals surface area contributed by atoms with Crippen molar-refractivity contribution in [2.45, 2.75) is 30.6 Å². The van der Waals surface area contributed by atoms with Gasteiger partial charge in [0.25, 0.3) is 0 Å². The van der Waals surface area contributed by atoms with Crippen LogP contribution in [0.1, 0.15) is 5.56 Å². The zero-order valence-corrected chi connectivity index (χ0v) is 12.6. The number of hydrogen-bond acceptors (Lipinski definition) is 6. The molecule has 2 aromatic carbocycles. The van der Waals surface area contributed by atoms with Crippen LogP contribution in [0.5, 0.6) is 0 Å². The second kappa shape index (κ2) is 6.52. The van der Waals surface area contributed by atoms with Crippen molar-refractivity contribution in [1.29, 1.82) is 0 Å². The maximum Gasteiger partial charge on any atom is 0.219 e. The number of aliphatic hydroxyl groups is 4. The van der Waals surface area contributed by atoms with E-state index in [9.17, 15) is 15.3 Å². The van der Waals surface area contributed by atoms with Gasteiger partial charge in [0.1, 0.15) is 18.3 Å². The summed E-state index contributed by atoms with van der Waals surface area (Å²) in [7, 11) is 0. The van der Waals surface area contributed by atoms with E-state index in [4.69, 9.17) is 9.84 Å². The van der Waals surface area contributed by atoms with Crippen molar-refractivity contribution in [3.8, 4) is 0 Å². The van der Waals surface area contributed by atoms with Crippen molar-refractivity contribution >= 4 is 10.8 Å². The molecule has 3 rings (SSSR count). The van der Waals surface area contributed by atoms with Gasteiger partial charge in [-0.2, -0.15) is 0 Å². The molecule has 0 aromatic heterocycles. The van der Waals surface area contributed by atoms with Gasteiger partial charge in [-0.3, -0.25) is 0 Å². The molecule has 2 aromatic rings. The lowest BCUT2D eigenvalue weighted by atomic mass is 10.1. The largest absolute Gasteiger partial charge is 0.391 e. The molecule has 124 valence electrons. The molecule has 0 unspecified atom stereocenters. The molecule has 0 amide bonds. The van der Waals surface area contributed by atoms with E-state index in [0.29, 0.717) is 6.54 Å². The number of aliphatic hydroxyl groups excluding tert-OH is 3. The van der Waals surface area contributed by atoms with Crippen LogP contribution in [0.15, 0.2) is 42.5 Å². The maximum absolute atomic E-state index is 9.88. The summed E-state index contributed by atoms with van der Waals surface area (Å²) in [5.41, 5.74) is 1.08. The lowest BCUT2D eigenvalue weighted by Gasteiger charge is -2.22. The molecule has 0 spiro atoms. The highest BCUT2D eigenvalue weighted by molar-refractivity contribution is 5.82.